The third-order valence-electron chi connectivity index (χ3n) is 4.98. The number of rotatable bonds is 7. The number of carbonyl (C=O) groups is 3. The summed E-state index contributed by atoms with van der Waals surface area (Å²) in [6.45, 7) is 2.33. The maximum Gasteiger partial charge on any atom is 0.338 e. The lowest BCUT2D eigenvalue weighted by molar-refractivity contribution is -0.123. The Labute approximate surface area is 195 Å². The highest BCUT2D eigenvalue weighted by Gasteiger charge is 2.35. The van der Waals surface area contributed by atoms with Crippen LogP contribution in [0.15, 0.2) is 70.0 Å². The van der Waals surface area contributed by atoms with Gasteiger partial charge in [0.1, 0.15) is 23.9 Å². The highest BCUT2D eigenvalue weighted by molar-refractivity contribution is 8.18. The minimum atomic E-state index is -0.475. The van der Waals surface area contributed by atoms with E-state index >= 15 is 0 Å². The van der Waals surface area contributed by atoms with Gasteiger partial charge in [0.2, 0.25) is 0 Å². The first-order chi connectivity index (χ1) is 16.0. The number of ether oxygens (including phenoxy) is 2. The number of nitrogens with zero attached hydrogens (tertiary/aromatic N) is 1. The molecule has 3 aromatic rings. The Balaban J connectivity index is 1.44. The van der Waals surface area contributed by atoms with Gasteiger partial charge in [-0.1, -0.05) is 35.9 Å². The van der Waals surface area contributed by atoms with E-state index in [9.17, 15) is 14.4 Å². The van der Waals surface area contributed by atoms with E-state index < -0.39 is 11.9 Å². The van der Waals surface area contributed by atoms with Crippen molar-refractivity contribution in [1.82, 2.24) is 4.90 Å². The molecule has 0 saturated carbocycles. The maximum absolute atomic E-state index is 12.7. The number of imide groups is 1. The summed E-state index contributed by atoms with van der Waals surface area (Å²) in [5.74, 6) is 0.653. The highest BCUT2D eigenvalue weighted by atomic mass is 32.2. The van der Waals surface area contributed by atoms with Crippen molar-refractivity contribution in [2.75, 3.05) is 20.3 Å². The van der Waals surface area contributed by atoms with Crippen LogP contribution < -0.4 is 4.74 Å². The van der Waals surface area contributed by atoms with E-state index in [-0.39, 0.29) is 23.3 Å². The summed E-state index contributed by atoms with van der Waals surface area (Å²) < 4.78 is 16.3. The molecule has 2 amide bonds. The van der Waals surface area contributed by atoms with Gasteiger partial charge in [0.05, 0.1) is 24.1 Å². The molecule has 1 fully saturated rings. The molecule has 0 N–H and O–H groups in total. The minimum Gasteiger partial charge on any atom is -0.492 e. The van der Waals surface area contributed by atoms with E-state index in [2.05, 4.69) is 0 Å². The van der Waals surface area contributed by atoms with E-state index in [4.69, 9.17) is 13.9 Å². The average Bonchev–Trinajstić information content (AvgIpc) is 3.39. The summed E-state index contributed by atoms with van der Waals surface area (Å²) in [4.78, 5) is 38.5. The number of amides is 2. The van der Waals surface area contributed by atoms with Gasteiger partial charge < -0.3 is 13.9 Å². The molecule has 1 aliphatic rings. The average molecular weight is 464 g/mol. The molecule has 1 saturated heterocycles. The Kier molecular flexibility index (Phi) is 6.65. The quantitative estimate of drug-likeness (QED) is 0.353. The van der Waals surface area contributed by atoms with Gasteiger partial charge in [0.25, 0.3) is 11.1 Å². The summed E-state index contributed by atoms with van der Waals surface area (Å²) in [5, 5.41) is -0.360. The molecule has 4 rings (SSSR count). The van der Waals surface area contributed by atoms with Crippen LogP contribution in [0.3, 0.4) is 0 Å². The van der Waals surface area contributed by atoms with Crippen molar-refractivity contribution in [3.63, 3.8) is 0 Å². The number of hydrogen-bond donors (Lipinski definition) is 0. The number of aryl methyl sites for hydroxylation is 1. The summed E-state index contributed by atoms with van der Waals surface area (Å²) in [6, 6.07) is 17.8. The lowest BCUT2D eigenvalue weighted by Crippen LogP contribution is -2.32. The zero-order valence-electron chi connectivity index (χ0n) is 18.1. The number of hydrogen-bond acceptors (Lipinski definition) is 7. The molecule has 1 aromatic heterocycles. The zero-order valence-corrected chi connectivity index (χ0v) is 18.9. The van der Waals surface area contributed by atoms with Crippen molar-refractivity contribution >= 4 is 35.0 Å². The summed E-state index contributed by atoms with van der Waals surface area (Å²) in [5.41, 5.74) is 2.06. The van der Waals surface area contributed by atoms with E-state index in [1.165, 1.54) is 13.2 Å². The Morgan fingerprint density at radius 1 is 1.06 bits per heavy atom. The highest BCUT2D eigenvalue weighted by Crippen LogP contribution is 2.34. The van der Waals surface area contributed by atoms with Crippen LogP contribution in [0.2, 0.25) is 0 Å². The number of furan rings is 1. The second-order valence-electron chi connectivity index (χ2n) is 7.23. The summed E-state index contributed by atoms with van der Waals surface area (Å²) >= 11 is 0.850. The number of benzene rings is 2. The second kappa shape index (κ2) is 9.79. The monoisotopic (exact) mass is 463 g/mol. The van der Waals surface area contributed by atoms with Crippen LogP contribution in [-0.4, -0.2) is 42.3 Å². The lowest BCUT2D eigenvalue weighted by Gasteiger charge is -2.13. The van der Waals surface area contributed by atoms with Crippen molar-refractivity contribution in [3.8, 4) is 17.1 Å². The molecule has 2 aromatic carbocycles. The van der Waals surface area contributed by atoms with E-state index in [0.717, 1.165) is 22.2 Å². The van der Waals surface area contributed by atoms with Crippen molar-refractivity contribution in [1.29, 1.82) is 0 Å². The predicted octanol–water partition coefficient (Wildman–Crippen LogP) is 5.16. The first kappa shape index (κ1) is 22.4. The topological polar surface area (TPSA) is 86.0 Å². The first-order valence-corrected chi connectivity index (χ1v) is 11.0. The van der Waals surface area contributed by atoms with Gasteiger partial charge >= 0.3 is 5.97 Å². The third-order valence-corrected chi connectivity index (χ3v) is 5.88. The summed E-state index contributed by atoms with van der Waals surface area (Å²) in [6.07, 6.45) is 1.52. The van der Waals surface area contributed by atoms with Crippen molar-refractivity contribution in [3.05, 3.63) is 82.5 Å². The number of thioether (sulfide) groups is 1. The fourth-order valence-electron chi connectivity index (χ4n) is 3.27. The van der Waals surface area contributed by atoms with E-state index in [0.29, 0.717) is 28.4 Å². The zero-order chi connectivity index (χ0) is 23.4. The van der Waals surface area contributed by atoms with Gasteiger partial charge in [-0.05, 0) is 49.0 Å². The SMILES string of the molecule is COC(=O)c1ccccc1-c1ccc(/C=C2\SC(=O)N(CCOc3ccc(C)cc3)C2=O)o1. The molecule has 0 atom stereocenters. The van der Waals surface area contributed by atoms with Crippen LogP contribution in [0.1, 0.15) is 21.7 Å². The van der Waals surface area contributed by atoms with Crippen LogP contribution in [0.5, 0.6) is 5.75 Å². The largest absolute Gasteiger partial charge is 0.492 e. The van der Waals surface area contributed by atoms with Gasteiger partial charge in [-0.2, -0.15) is 0 Å². The number of methoxy groups -OCH3 is 1. The Hall–Kier alpha value is -3.78. The Morgan fingerprint density at radius 2 is 1.82 bits per heavy atom. The molecule has 8 heteroatoms. The minimum absolute atomic E-state index is 0.145. The fraction of sp³-hybridized carbons (Fsp3) is 0.160. The van der Waals surface area contributed by atoms with E-state index in [1.54, 1.807) is 36.4 Å². The molecule has 0 radical (unpaired) electrons. The molecule has 0 aliphatic carbocycles. The van der Waals surface area contributed by atoms with E-state index in [1.807, 2.05) is 31.2 Å². The van der Waals surface area contributed by atoms with Crippen LogP contribution in [0.4, 0.5) is 4.79 Å². The van der Waals surface area contributed by atoms with Gasteiger partial charge in [0.15, 0.2) is 0 Å². The number of esters is 1. The molecule has 0 bridgehead atoms. The van der Waals surface area contributed by atoms with Crippen LogP contribution >= 0.6 is 11.8 Å². The molecular weight excluding hydrogens is 442 g/mol. The molecule has 168 valence electrons. The van der Waals surface area contributed by atoms with Crippen LogP contribution in [0, 0.1) is 6.92 Å². The van der Waals surface area contributed by atoms with Gasteiger partial charge in [-0.3, -0.25) is 14.5 Å². The van der Waals surface area contributed by atoms with Crippen molar-refractivity contribution in [2.45, 2.75) is 6.92 Å². The van der Waals surface area contributed by atoms with Crippen molar-refractivity contribution < 1.29 is 28.3 Å². The van der Waals surface area contributed by atoms with Gasteiger partial charge in [-0.25, -0.2) is 4.79 Å². The molecule has 7 nitrogen and oxygen atoms in total. The molecule has 0 unspecified atom stereocenters. The summed E-state index contributed by atoms with van der Waals surface area (Å²) in [7, 11) is 1.31. The van der Waals surface area contributed by atoms with Gasteiger partial charge in [-0.15, -0.1) is 0 Å². The fourth-order valence-corrected chi connectivity index (χ4v) is 4.12. The smallest absolute Gasteiger partial charge is 0.338 e. The van der Waals surface area contributed by atoms with Gasteiger partial charge in [0, 0.05) is 11.6 Å². The standard InChI is InChI=1S/C25H21NO6S/c1-16-7-9-17(10-8-16)31-14-13-26-23(27)22(33-25(26)29)15-18-11-12-21(32-18)19-5-3-4-6-20(19)24(28)30-2/h3-12,15H,13-14H2,1-2H3/b22-15-. The Morgan fingerprint density at radius 3 is 2.58 bits per heavy atom. The van der Waals surface area contributed by atoms with Crippen LogP contribution in [-0.2, 0) is 9.53 Å². The third kappa shape index (κ3) is 5.01. The first-order valence-electron chi connectivity index (χ1n) is 10.2. The van der Waals surface area contributed by atoms with Crippen molar-refractivity contribution in [2.24, 2.45) is 0 Å². The predicted molar refractivity (Wildman–Crippen MR) is 125 cm³/mol. The molecule has 33 heavy (non-hydrogen) atoms. The normalized spacial score (nSPS) is 14.7. The lowest BCUT2D eigenvalue weighted by atomic mass is 10.1. The molecule has 2 heterocycles. The number of carbonyl (C=O) groups excluding carboxylic acids is 3. The molecule has 0 spiro atoms. The second-order valence-corrected chi connectivity index (χ2v) is 8.23. The molecule has 1 aliphatic heterocycles. The maximum atomic E-state index is 12.7. The Bertz CT molecular complexity index is 1230. The molecular formula is C25H21NO6S. The van der Waals surface area contributed by atoms with Crippen LogP contribution in [0.25, 0.3) is 17.4 Å².